The lowest BCUT2D eigenvalue weighted by atomic mass is 9.93. The number of anilines is 1. The van der Waals surface area contributed by atoms with E-state index in [0.29, 0.717) is 12.8 Å². The lowest BCUT2D eigenvalue weighted by molar-refractivity contribution is -0.137. The number of halogens is 5. The molecule has 2 atom stereocenters. The van der Waals surface area contributed by atoms with Gasteiger partial charge in [0.15, 0.2) is 0 Å². The highest BCUT2D eigenvalue weighted by molar-refractivity contribution is 6.31. The van der Waals surface area contributed by atoms with Crippen LogP contribution in [-0.2, 0) is 6.18 Å². The van der Waals surface area contributed by atoms with Crippen molar-refractivity contribution in [1.29, 1.82) is 0 Å². The topological polar surface area (TPSA) is 73.7 Å². The van der Waals surface area contributed by atoms with Gasteiger partial charge in [-0.15, -0.1) is 0 Å². The summed E-state index contributed by atoms with van der Waals surface area (Å²) in [6, 6.07) is 6.91. The molecular formula is C21H20ClF4N3O2. The van der Waals surface area contributed by atoms with Crippen LogP contribution in [0.4, 0.5) is 23.2 Å². The minimum Gasteiger partial charge on any atom is -0.391 e. The Labute approximate surface area is 181 Å². The number of hydrogen-bond donors (Lipinski definition) is 3. The van der Waals surface area contributed by atoms with Gasteiger partial charge in [-0.1, -0.05) is 24.4 Å². The Morgan fingerprint density at radius 3 is 2.39 bits per heavy atom. The highest BCUT2D eigenvalue weighted by Gasteiger charge is 2.30. The zero-order valence-electron chi connectivity index (χ0n) is 16.2. The zero-order valence-corrected chi connectivity index (χ0v) is 17.0. The number of rotatable bonds is 3. The Bertz CT molecular complexity index is 944. The summed E-state index contributed by atoms with van der Waals surface area (Å²) in [6.07, 6.45) is -2.27. The van der Waals surface area contributed by atoms with Crippen molar-refractivity contribution in [1.82, 2.24) is 5.32 Å². The van der Waals surface area contributed by atoms with E-state index in [1.54, 1.807) is 0 Å². The van der Waals surface area contributed by atoms with Gasteiger partial charge in [0.2, 0.25) is 5.96 Å². The second-order valence-electron chi connectivity index (χ2n) is 7.23. The Kier molecular flexibility index (Phi) is 7.17. The van der Waals surface area contributed by atoms with Gasteiger partial charge in [-0.25, -0.2) is 4.39 Å². The molecule has 31 heavy (non-hydrogen) atoms. The van der Waals surface area contributed by atoms with Crippen molar-refractivity contribution in [3.05, 3.63) is 64.4 Å². The maximum atomic E-state index is 13.7. The lowest BCUT2D eigenvalue weighted by Crippen LogP contribution is -2.47. The van der Waals surface area contributed by atoms with Crippen molar-refractivity contribution in [2.24, 2.45) is 4.99 Å². The quantitative estimate of drug-likeness (QED) is 0.344. The summed E-state index contributed by atoms with van der Waals surface area (Å²) >= 11 is 5.86. The molecule has 3 N–H and O–H groups in total. The number of alkyl halides is 3. The second kappa shape index (κ2) is 9.65. The highest BCUT2D eigenvalue weighted by atomic mass is 35.5. The van der Waals surface area contributed by atoms with Crippen LogP contribution in [0.1, 0.15) is 41.6 Å². The van der Waals surface area contributed by atoms with Crippen molar-refractivity contribution >= 4 is 29.2 Å². The zero-order chi connectivity index (χ0) is 22.6. The van der Waals surface area contributed by atoms with Gasteiger partial charge in [0.05, 0.1) is 17.7 Å². The van der Waals surface area contributed by atoms with E-state index >= 15 is 0 Å². The Balaban J connectivity index is 1.86. The van der Waals surface area contributed by atoms with Crippen LogP contribution >= 0.6 is 11.6 Å². The first-order valence-electron chi connectivity index (χ1n) is 9.60. The summed E-state index contributed by atoms with van der Waals surface area (Å²) in [4.78, 5) is 16.5. The summed E-state index contributed by atoms with van der Waals surface area (Å²) in [5.41, 5.74) is -0.735. The molecule has 0 heterocycles. The highest BCUT2D eigenvalue weighted by Crippen LogP contribution is 2.29. The van der Waals surface area contributed by atoms with Crippen LogP contribution in [0, 0.1) is 5.82 Å². The molecular weight excluding hydrogens is 438 g/mol. The van der Waals surface area contributed by atoms with Gasteiger partial charge in [0.1, 0.15) is 5.82 Å². The minimum atomic E-state index is -4.52. The van der Waals surface area contributed by atoms with Gasteiger partial charge in [-0.2, -0.15) is 18.2 Å². The van der Waals surface area contributed by atoms with Gasteiger partial charge >= 0.3 is 6.18 Å². The number of aliphatic hydroxyl groups is 1. The van der Waals surface area contributed by atoms with Crippen molar-refractivity contribution in [3.63, 3.8) is 0 Å². The van der Waals surface area contributed by atoms with Crippen molar-refractivity contribution in [2.45, 2.75) is 44.0 Å². The normalized spacial score (nSPS) is 19.7. The molecule has 2 aromatic rings. The average Bonchev–Trinajstić information content (AvgIpc) is 2.68. The summed E-state index contributed by atoms with van der Waals surface area (Å²) < 4.78 is 51.9. The maximum Gasteiger partial charge on any atom is 0.416 e. The third-order valence-corrected chi connectivity index (χ3v) is 5.07. The van der Waals surface area contributed by atoms with Crippen LogP contribution in [0.25, 0.3) is 0 Å². The van der Waals surface area contributed by atoms with E-state index < -0.39 is 35.6 Å². The smallest absolute Gasteiger partial charge is 0.391 e. The first-order chi connectivity index (χ1) is 14.6. The van der Waals surface area contributed by atoms with Crippen molar-refractivity contribution in [2.75, 3.05) is 5.32 Å². The molecule has 166 valence electrons. The lowest BCUT2D eigenvalue weighted by Gasteiger charge is -2.29. The SMILES string of the molecule is O=C(/N=C(/Nc1cc(F)cc(Cl)c1)N[C@H]1CCCC[C@@H]1O)c1ccc(C(F)(F)F)cc1. The standard InChI is InChI=1S/C21H20ClF4N3O2/c22-14-9-15(23)11-16(10-14)27-20(28-17-3-1-2-4-18(17)30)29-19(31)12-5-7-13(8-6-12)21(24,25)26/h5-11,17-18,30H,1-4H2,(H2,27,28,29,31)/t17-,18-/m0/s1. The maximum absolute atomic E-state index is 13.7. The molecule has 5 nitrogen and oxygen atoms in total. The molecule has 0 saturated heterocycles. The predicted molar refractivity (Wildman–Crippen MR) is 110 cm³/mol. The number of aliphatic imine (C=N–C) groups is 1. The van der Waals surface area contributed by atoms with Crippen LogP contribution in [0.15, 0.2) is 47.5 Å². The van der Waals surface area contributed by atoms with E-state index in [1.807, 2.05) is 0 Å². The molecule has 1 fully saturated rings. The third kappa shape index (κ3) is 6.41. The Morgan fingerprint density at radius 1 is 1.10 bits per heavy atom. The third-order valence-electron chi connectivity index (χ3n) is 4.85. The molecule has 10 heteroatoms. The number of benzene rings is 2. The van der Waals surface area contributed by atoms with Crippen LogP contribution in [0.3, 0.4) is 0 Å². The molecule has 2 aromatic carbocycles. The number of guanidine groups is 1. The number of hydrogen-bond acceptors (Lipinski definition) is 2. The van der Waals surface area contributed by atoms with E-state index in [2.05, 4.69) is 15.6 Å². The molecule has 0 bridgehead atoms. The molecule has 0 radical (unpaired) electrons. The molecule has 0 spiro atoms. The molecule has 1 amide bonds. The van der Waals surface area contributed by atoms with E-state index in [0.717, 1.165) is 49.2 Å². The number of nitrogens with one attached hydrogen (secondary N) is 2. The fourth-order valence-electron chi connectivity index (χ4n) is 3.28. The number of carbonyl (C=O) groups is 1. The van der Waals surface area contributed by atoms with Gasteiger partial charge in [0, 0.05) is 16.3 Å². The first-order valence-corrected chi connectivity index (χ1v) is 9.97. The van der Waals surface area contributed by atoms with Gasteiger partial charge < -0.3 is 15.7 Å². The largest absolute Gasteiger partial charge is 0.416 e. The van der Waals surface area contributed by atoms with Crippen LogP contribution in [-0.4, -0.2) is 29.1 Å². The predicted octanol–water partition coefficient (Wildman–Crippen LogP) is 5.00. The molecule has 0 aromatic heterocycles. The first kappa shape index (κ1) is 23.0. The Morgan fingerprint density at radius 2 is 1.77 bits per heavy atom. The molecule has 1 saturated carbocycles. The van der Waals surface area contributed by atoms with Gasteiger partial charge in [-0.3, -0.25) is 4.79 Å². The van der Waals surface area contributed by atoms with E-state index in [9.17, 15) is 27.5 Å². The van der Waals surface area contributed by atoms with Crippen LogP contribution < -0.4 is 10.6 Å². The number of amides is 1. The van der Waals surface area contributed by atoms with Crippen molar-refractivity contribution in [3.8, 4) is 0 Å². The van der Waals surface area contributed by atoms with E-state index in [4.69, 9.17) is 11.6 Å². The molecule has 3 rings (SSSR count). The molecule has 1 aliphatic carbocycles. The summed E-state index contributed by atoms with van der Waals surface area (Å²) in [5, 5.41) is 16.1. The average molecular weight is 458 g/mol. The summed E-state index contributed by atoms with van der Waals surface area (Å²) in [6.45, 7) is 0. The van der Waals surface area contributed by atoms with Crippen LogP contribution in [0.2, 0.25) is 5.02 Å². The Hall–Kier alpha value is -2.65. The van der Waals surface area contributed by atoms with Crippen LogP contribution in [0.5, 0.6) is 0 Å². The monoisotopic (exact) mass is 457 g/mol. The van der Waals surface area contributed by atoms with Gasteiger partial charge in [0.25, 0.3) is 5.91 Å². The van der Waals surface area contributed by atoms with E-state index in [1.165, 1.54) is 6.07 Å². The fourth-order valence-corrected chi connectivity index (χ4v) is 3.50. The molecule has 1 aliphatic rings. The molecule has 0 unspecified atom stereocenters. The van der Waals surface area contributed by atoms with E-state index in [-0.39, 0.29) is 22.2 Å². The number of carbonyl (C=O) groups excluding carboxylic acids is 1. The number of nitrogens with zero attached hydrogens (tertiary/aromatic N) is 1. The minimum absolute atomic E-state index is 0.0597. The molecule has 0 aliphatic heterocycles. The van der Waals surface area contributed by atoms with Crippen molar-refractivity contribution < 1.29 is 27.5 Å². The van der Waals surface area contributed by atoms with Gasteiger partial charge in [-0.05, 0) is 55.3 Å². The number of aliphatic hydroxyl groups excluding tert-OH is 1. The summed E-state index contributed by atoms with van der Waals surface area (Å²) in [5.74, 6) is -1.49. The summed E-state index contributed by atoms with van der Waals surface area (Å²) in [7, 11) is 0. The second-order valence-corrected chi connectivity index (χ2v) is 7.66. The fraction of sp³-hybridized carbons (Fsp3) is 0.333.